The summed E-state index contributed by atoms with van der Waals surface area (Å²) in [6, 6.07) is 22.4. The van der Waals surface area contributed by atoms with Gasteiger partial charge in [0, 0.05) is 68.9 Å². The molecule has 0 spiro atoms. The number of hydrogen-bond donors (Lipinski definition) is 3. The third kappa shape index (κ3) is 20.8. The highest BCUT2D eigenvalue weighted by Crippen LogP contribution is 2.26. The summed E-state index contributed by atoms with van der Waals surface area (Å²) in [5, 5.41) is 14.3. The van der Waals surface area contributed by atoms with Gasteiger partial charge in [0.05, 0.1) is 47.1 Å². The number of unbranched alkanes of at least 4 members (excludes halogenated alkanes) is 1. The van der Waals surface area contributed by atoms with Crippen LogP contribution in [0.4, 0.5) is 41.9 Å². The number of nitrogens with zero attached hydrogens (tertiary/aromatic N) is 5. The fourth-order valence-corrected chi connectivity index (χ4v) is 4.87. The second-order valence-corrected chi connectivity index (χ2v) is 14.8. The van der Waals surface area contributed by atoms with E-state index in [4.69, 9.17) is 84.1 Å². The molecule has 0 heterocycles. The van der Waals surface area contributed by atoms with Crippen molar-refractivity contribution in [2.45, 2.75) is 19.8 Å². The highest BCUT2D eigenvalue weighted by Gasteiger charge is 2.17. The zero-order valence-electron chi connectivity index (χ0n) is 35.1. The predicted molar refractivity (Wildman–Crippen MR) is 249 cm³/mol. The van der Waals surface area contributed by atoms with Crippen LogP contribution in [0.1, 0.15) is 19.8 Å². The van der Waals surface area contributed by atoms with E-state index in [-0.39, 0.29) is 18.1 Å². The number of benzene rings is 4. The molecule has 0 bridgehead atoms. The first-order chi connectivity index (χ1) is 28.8. The lowest BCUT2D eigenvalue weighted by molar-refractivity contribution is -0.0598. The molecule has 3 N–H and O–H groups in total. The van der Waals surface area contributed by atoms with Gasteiger partial charge in [0.15, 0.2) is 0 Å². The second-order valence-electron chi connectivity index (χ2n) is 12.3. The smallest absolute Gasteiger partial charge is 0.329 e. The lowest BCUT2D eigenvalue weighted by atomic mass is 10.3. The number of anilines is 4. The molecule has 15 nitrogen and oxygen atoms in total. The number of hydrogen-bond acceptors (Lipinski definition) is 7. The lowest BCUT2D eigenvalue weighted by Gasteiger charge is -2.23. The molecule has 61 heavy (non-hydrogen) atoms. The molecule has 334 valence electrons. The molecule has 0 aliphatic heterocycles. The first kappa shape index (κ1) is 54.6. The van der Waals surface area contributed by atoms with E-state index in [9.17, 15) is 19.2 Å². The SMILES string of the molecule is CCCCN(C)C(=O)Nc1ccc(Cl)c(Cl)c1.CON(C(=O)N(C)C)c1ccc(Cl)cc1.CON(C)C(=O)Nc1ccc(Cl)c(Cl)c1.CON(C)C(=O)Nc1ccc(Cl)cc1. The zero-order valence-corrected chi connectivity index (χ0v) is 39.6. The maximum atomic E-state index is 11.8. The van der Waals surface area contributed by atoms with Crippen LogP contribution in [0.25, 0.3) is 0 Å². The molecule has 0 unspecified atom stereocenters. The van der Waals surface area contributed by atoms with Crippen molar-refractivity contribution in [3.63, 3.8) is 0 Å². The van der Waals surface area contributed by atoms with Crippen LogP contribution in [0.2, 0.25) is 30.1 Å². The fraction of sp³-hybridized carbons (Fsp3) is 0.300. The average molecular weight is 968 g/mol. The van der Waals surface area contributed by atoms with Gasteiger partial charge >= 0.3 is 24.1 Å². The molecule has 0 fully saturated rings. The van der Waals surface area contributed by atoms with Crippen molar-refractivity contribution in [3.05, 3.63) is 115 Å². The van der Waals surface area contributed by atoms with Gasteiger partial charge in [-0.1, -0.05) is 83.0 Å². The van der Waals surface area contributed by atoms with Crippen LogP contribution in [0.3, 0.4) is 0 Å². The predicted octanol–water partition coefficient (Wildman–Crippen LogP) is 12.0. The summed E-state index contributed by atoms with van der Waals surface area (Å²) < 4.78 is 0. The molecule has 8 amide bonds. The summed E-state index contributed by atoms with van der Waals surface area (Å²) in [6.45, 7) is 2.83. The van der Waals surface area contributed by atoms with Gasteiger partial charge in [-0.15, -0.1) is 0 Å². The molecule has 0 atom stereocenters. The third-order valence-electron chi connectivity index (χ3n) is 7.55. The van der Waals surface area contributed by atoms with Crippen molar-refractivity contribution >= 4 is 116 Å². The van der Waals surface area contributed by atoms with Crippen LogP contribution in [0.15, 0.2) is 84.9 Å². The standard InChI is InChI=1S/C12H16Cl2N2O.C10H13ClN2O2.C9H10Cl2N2O2.C9H11ClN2O2/c1-3-4-7-16(2)12(17)15-9-5-6-10(13)11(14)8-9;1-12(2)10(14)13(15-3)9-6-4-8(11)5-7-9;1-13(15-2)9(14)12-6-3-4-7(10)8(11)5-6;1-12(14-2)9(13)11-8-5-3-7(10)4-6-8/h5-6,8H,3-4,7H2,1-2H3,(H,15,17);4-7H,1-3H3;3-5H,1-2H3,(H,12,14);3-6H,1-2H3,(H,11,13). The zero-order chi connectivity index (χ0) is 46.2. The minimum Gasteiger partial charge on any atom is -0.329 e. The summed E-state index contributed by atoms with van der Waals surface area (Å²) in [4.78, 5) is 63.5. The third-order valence-corrected chi connectivity index (χ3v) is 9.53. The summed E-state index contributed by atoms with van der Waals surface area (Å²) in [7, 11) is 12.3. The second kappa shape index (κ2) is 29.0. The van der Waals surface area contributed by atoms with E-state index in [0.29, 0.717) is 52.9 Å². The van der Waals surface area contributed by atoms with Crippen molar-refractivity contribution in [1.82, 2.24) is 19.9 Å². The number of halogens is 6. The van der Waals surface area contributed by atoms with Crippen LogP contribution in [-0.4, -0.2) is 107 Å². The molecule has 4 aromatic carbocycles. The van der Waals surface area contributed by atoms with Gasteiger partial charge in [-0.2, -0.15) is 5.06 Å². The van der Waals surface area contributed by atoms with Gasteiger partial charge in [-0.25, -0.2) is 29.3 Å². The largest absolute Gasteiger partial charge is 0.348 e. The van der Waals surface area contributed by atoms with Gasteiger partial charge < -0.3 is 25.8 Å². The Kier molecular flexibility index (Phi) is 25.9. The maximum Gasteiger partial charge on any atom is 0.348 e. The van der Waals surface area contributed by atoms with Gasteiger partial charge in [-0.3, -0.25) is 14.5 Å². The molecular formula is C40H50Cl6N8O7. The first-order valence-corrected chi connectivity index (χ1v) is 20.2. The number of carbonyl (C=O) groups excluding carboxylic acids is 4. The van der Waals surface area contributed by atoms with Crippen molar-refractivity contribution in [1.29, 1.82) is 0 Å². The van der Waals surface area contributed by atoms with E-state index in [1.165, 1.54) is 45.4 Å². The normalized spacial score (nSPS) is 9.89. The van der Waals surface area contributed by atoms with E-state index in [2.05, 4.69) is 22.9 Å². The molecule has 0 aliphatic carbocycles. The Morgan fingerprint density at radius 2 is 0.918 bits per heavy atom. The monoisotopic (exact) mass is 964 g/mol. The quantitative estimate of drug-likeness (QED) is 0.134. The highest BCUT2D eigenvalue weighted by atomic mass is 35.5. The number of urea groups is 4. The molecule has 4 rings (SSSR count). The molecule has 0 radical (unpaired) electrons. The molecular weight excluding hydrogens is 917 g/mol. The maximum absolute atomic E-state index is 11.8. The van der Waals surface area contributed by atoms with Crippen molar-refractivity contribution in [2.24, 2.45) is 0 Å². The van der Waals surface area contributed by atoms with Crippen LogP contribution in [0.5, 0.6) is 0 Å². The van der Waals surface area contributed by atoms with Gasteiger partial charge in [0.25, 0.3) is 0 Å². The lowest BCUT2D eigenvalue weighted by Crippen LogP contribution is -2.38. The molecule has 0 saturated heterocycles. The number of carbonyl (C=O) groups is 4. The topological polar surface area (TPSA) is 148 Å². The number of amides is 8. The van der Waals surface area contributed by atoms with E-state index < -0.39 is 6.03 Å². The van der Waals surface area contributed by atoms with Crippen LogP contribution >= 0.6 is 69.6 Å². The average Bonchev–Trinajstić information content (AvgIpc) is 3.24. The molecule has 0 saturated carbocycles. The number of rotatable bonds is 10. The Hall–Kier alpha value is -4.42. The Labute approximate surface area is 387 Å². The summed E-state index contributed by atoms with van der Waals surface area (Å²) in [5.41, 5.74) is 2.51. The Bertz CT molecular complexity index is 1980. The highest BCUT2D eigenvalue weighted by molar-refractivity contribution is 6.42. The molecule has 4 aromatic rings. The fourth-order valence-electron chi connectivity index (χ4n) is 4.02. The van der Waals surface area contributed by atoms with E-state index >= 15 is 0 Å². The van der Waals surface area contributed by atoms with E-state index in [1.807, 2.05) is 0 Å². The Balaban J connectivity index is 0.000000408. The van der Waals surface area contributed by atoms with E-state index in [1.54, 1.807) is 111 Å². The van der Waals surface area contributed by atoms with Crippen LogP contribution < -0.4 is 21.0 Å². The van der Waals surface area contributed by atoms with Gasteiger partial charge in [0.1, 0.15) is 0 Å². The minimum absolute atomic E-state index is 0.142. The molecule has 0 aliphatic rings. The van der Waals surface area contributed by atoms with Gasteiger partial charge in [0.2, 0.25) is 0 Å². The number of nitrogens with one attached hydrogen (secondary N) is 3. The van der Waals surface area contributed by atoms with E-state index in [0.717, 1.165) is 29.5 Å². The van der Waals surface area contributed by atoms with Crippen molar-refractivity contribution < 1.29 is 33.7 Å². The Morgan fingerprint density at radius 1 is 0.525 bits per heavy atom. The van der Waals surface area contributed by atoms with Crippen molar-refractivity contribution in [3.8, 4) is 0 Å². The summed E-state index contributed by atoms with van der Waals surface area (Å²) in [6.07, 6.45) is 2.05. The van der Waals surface area contributed by atoms with Gasteiger partial charge in [-0.05, 0) is 91.3 Å². The summed E-state index contributed by atoms with van der Waals surface area (Å²) in [5.74, 6) is 0. The molecule has 21 heteroatoms. The van der Waals surface area contributed by atoms with Crippen molar-refractivity contribution in [2.75, 3.05) is 84.1 Å². The molecule has 0 aromatic heterocycles. The first-order valence-electron chi connectivity index (χ1n) is 17.9. The Morgan fingerprint density at radius 3 is 1.30 bits per heavy atom. The number of hydroxylamine groups is 5. The minimum atomic E-state index is -0.393. The van der Waals surface area contributed by atoms with Crippen LogP contribution in [-0.2, 0) is 14.5 Å². The summed E-state index contributed by atoms with van der Waals surface area (Å²) >= 11 is 34.6. The van der Waals surface area contributed by atoms with Crippen LogP contribution in [0, 0.1) is 0 Å².